The summed E-state index contributed by atoms with van der Waals surface area (Å²) in [6.07, 6.45) is 22.1. The van der Waals surface area contributed by atoms with Gasteiger partial charge in [0.15, 0.2) is 0 Å². The van der Waals surface area contributed by atoms with E-state index >= 15 is 0 Å². The zero-order valence-electron chi connectivity index (χ0n) is 30.9. The fourth-order valence-electron chi connectivity index (χ4n) is 5.90. The van der Waals surface area contributed by atoms with Crippen LogP contribution in [0.25, 0.3) is 0 Å². The highest BCUT2D eigenvalue weighted by Gasteiger charge is 2.25. The number of quaternary nitrogens is 2. The first kappa shape index (κ1) is 45.4. The Hall–Kier alpha value is -0.710. The second kappa shape index (κ2) is 29.7. The van der Waals surface area contributed by atoms with Crippen molar-refractivity contribution in [2.45, 2.75) is 158 Å². The minimum atomic E-state index is -4.52. The predicted molar refractivity (Wildman–Crippen MR) is 192 cm³/mol. The number of rotatable bonds is 25. The topological polar surface area (TPSA) is 63.2 Å². The van der Waals surface area contributed by atoms with Crippen LogP contribution in [0.3, 0.4) is 0 Å². The van der Waals surface area contributed by atoms with Crippen LogP contribution in [0.1, 0.15) is 158 Å². The van der Waals surface area contributed by atoms with E-state index in [9.17, 15) is 14.4 Å². The quantitative estimate of drug-likeness (QED) is 0.0791. The molecule has 262 valence electrons. The molecular weight excluding hydrogens is 563 g/mol. The highest BCUT2D eigenvalue weighted by molar-refractivity contribution is 7.57. The molecule has 0 aliphatic rings. The monoisotopic (exact) mass is 641 g/mol. The van der Waals surface area contributed by atoms with Crippen molar-refractivity contribution in [2.24, 2.45) is 0 Å². The van der Waals surface area contributed by atoms with E-state index in [1.165, 1.54) is 188 Å². The van der Waals surface area contributed by atoms with Gasteiger partial charge in [0, 0.05) is 0 Å². The van der Waals surface area contributed by atoms with Gasteiger partial charge >= 0.3 is 0 Å². The number of nitrogens with zero attached hydrogens (tertiary/aromatic N) is 2. The van der Waals surface area contributed by atoms with Crippen molar-refractivity contribution in [1.82, 2.24) is 0 Å². The maximum atomic E-state index is 10.3. The van der Waals surface area contributed by atoms with Gasteiger partial charge in [0.25, 0.3) is 0 Å². The van der Waals surface area contributed by atoms with Gasteiger partial charge in [0.05, 0.1) is 52.4 Å². The first-order chi connectivity index (χ1) is 21.1. The largest absolute Gasteiger partial charge is 0.807 e. The summed E-state index contributed by atoms with van der Waals surface area (Å²) in [6.45, 7) is 30.0. The zero-order chi connectivity index (χ0) is 33.6. The van der Waals surface area contributed by atoms with E-state index in [2.05, 4.69) is 55.4 Å². The normalized spacial score (nSPS) is 11.9. The lowest BCUT2D eigenvalue weighted by Crippen LogP contribution is -2.50. The van der Waals surface area contributed by atoms with Crippen LogP contribution in [0.15, 0.2) is 30.3 Å². The van der Waals surface area contributed by atoms with E-state index in [0.29, 0.717) is 0 Å². The van der Waals surface area contributed by atoms with Gasteiger partial charge in [-0.25, -0.2) is 0 Å². The Kier molecular flexibility index (Phi) is 30.6. The van der Waals surface area contributed by atoms with Crippen molar-refractivity contribution in [3.05, 3.63) is 30.3 Å². The van der Waals surface area contributed by atoms with Crippen LogP contribution in [-0.2, 0) is 4.57 Å². The molecule has 0 aromatic heterocycles. The van der Waals surface area contributed by atoms with E-state index in [1.54, 1.807) is 6.07 Å². The van der Waals surface area contributed by atoms with E-state index in [0.717, 1.165) is 0 Å². The molecule has 0 saturated heterocycles. The minimum absolute atomic E-state index is 0.157. The number of hydrogen-bond donors (Lipinski definition) is 0. The first-order valence-corrected chi connectivity index (χ1v) is 20.4. The molecule has 0 amide bonds. The summed E-state index contributed by atoms with van der Waals surface area (Å²) in [5, 5.41) is -0.157. The van der Waals surface area contributed by atoms with Crippen LogP contribution in [0, 0.1) is 0 Å². The van der Waals surface area contributed by atoms with E-state index in [1.807, 2.05) is 0 Å². The van der Waals surface area contributed by atoms with Gasteiger partial charge in [-0.1, -0.05) is 137 Å². The molecule has 0 spiro atoms. The second-order valence-electron chi connectivity index (χ2n) is 13.1. The molecule has 0 N–H and O–H groups in total. The van der Waals surface area contributed by atoms with E-state index < -0.39 is 7.60 Å². The third kappa shape index (κ3) is 23.6. The van der Waals surface area contributed by atoms with Gasteiger partial charge in [-0.2, -0.15) is 0 Å². The van der Waals surface area contributed by atoms with Crippen molar-refractivity contribution in [3.8, 4) is 0 Å². The summed E-state index contributed by atoms with van der Waals surface area (Å²) in [4.78, 5) is 20.6. The Balaban J connectivity index is 0. The Morgan fingerprint density at radius 2 is 0.636 bits per heavy atom. The fraction of sp³-hybridized carbons (Fsp3) is 0.842. The summed E-state index contributed by atoms with van der Waals surface area (Å²) in [5.74, 6) is 0. The molecule has 0 radical (unpaired) electrons. The van der Waals surface area contributed by atoms with Crippen molar-refractivity contribution >= 4 is 12.9 Å². The summed E-state index contributed by atoms with van der Waals surface area (Å²) in [5.41, 5.74) is 0. The van der Waals surface area contributed by atoms with Gasteiger partial charge in [-0.3, -0.25) is 0 Å². The van der Waals surface area contributed by atoms with Crippen LogP contribution in [-0.4, -0.2) is 61.3 Å². The molecule has 0 unspecified atom stereocenters. The van der Waals surface area contributed by atoms with Crippen molar-refractivity contribution in [1.29, 1.82) is 0 Å². The van der Waals surface area contributed by atoms with E-state index in [4.69, 9.17) is 0 Å². The van der Waals surface area contributed by atoms with Crippen molar-refractivity contribution in [3.63, 3.8) is 0 Å². The minimum Gasteiger partial charge on any atom is -0.807 e. The number of hydrogen-bond acceptors (Lipinski definition) is 3. The first-order valence-electron chi connectivity index (χ1n) is 18.9. The standard InChI is InChI=1S/2C16H36N.C6H7O3P/c2*1-5-9-13-17(14-10-6-2,15-11-7-3)16-12-8-4;7-10(8,9)6-4-2-1-3-5-6/h2*5-16H2,1-4H3;1-5H,(H2,7,8,9)/q2*+1;/p-2. The third-order valence-electron chi connectivity index (χ3n) is 8.96. The third-order valence-corrected chi connectivity index (χ3v) is 9.89. The maximum Gasteiger partial charge on any atom is 0.0786 e. The lowest BCUT2D eigenvalue weighted by Gasteiger charge is -2.39. The SMILES string of the molecule is CCCC[N+](CCCC)(CCCC)CCCC.CCCC[N+](CCCC)(CCCC)CCCC.O=P([O-])([O-])c1ccccc1. The molecule has 0 fully saturated rings. The predicted octanol–water partition coefficient (Wildman–Crippen LogP) is 9.23. The van der Waals surface area contributed by atoms with Crippen molar-refractivity contribution in [2.75, 3.05) is 52.4 Å². The molecule has 6 heteroatoms. The molecular formula is C38H77N2O3P. The Morgan fingerprint density at radius 1 is 0.432 bits per heavy atom. The fourth-order valence-corrected chi connectivity index (χ4v) is 6.44. The average molecular weight is 641 g/mol. The van der Waals surface area contributed by atoms with Crippen LogP contribution in [0.2, 0.25) is 0 Å². The molecule has 0 atom stereocenters. The molecule has 0 bridgehead atoms. The maximum absolute atomic E-state index is 10.3. The lowest BCUT2D eigenvalue weighted by atomic mass is 10.1. The summed E-state index contributed by atoms with van der Waals surface area (Å²) in [6, 6.07) is 7.23. The van der Waals surface area contributed by atoms with Gasteiger partial charge in [0.1, 0.15) is 0 Å². The lowest BCUT2D eigenvalue weighted by molar-refractivity contribution is -0.929. The summed E-state index contributed by atoms with van der Waals surface area (Å²) >= 11 is 0. The molecule has 0 saturated carbocycles. The van der Waals surface area contributed by atoms with Crippen molar-refractivity contribution < 1.29 is 23.3 Å². The van der Waals surface area contributed by atoms with Gasteiger partial charge < -0.3 is 23.3 Å². The van der Waals surface area contributed by atoms with Gasteiger partial charge in [-0.05, 0) is 64.3 Å². The molecule has 5 nitrogen and oxygen atoms in total. The smallest absolute Gasteiger partial charge is 0.0786 e. The average Bonchev–Trinajstić information content (AvgIpc) is 3.04. The van der Waals surface area contributed by atoms with Gasteiger partial charge in [0.2, 0.25) is 0 Å². The zero-order valence-corrected chi connectivity index (χ0v) is 31.8. The molecule has 0 aliphatic carbocycles. The molecule has 44 heavy (non-hydrogen) atoms. The summed E-state index contributed by atoms with van der Waals surface area (Å²) in [7, 11) is -4.52. The molecule has 1 aromatic carbocycles. The molecule has 1 rings (SSSR count). The molecule has 0 heterocycles. The Labute approximate surface area is 276 Å². The van der Waals surface area contributed by atoms with Gasteiger partial charge in [-0.15, -0.1) is 0 Å². The summed E-state index contributed by atoms with van der Waals surface area (Å²) < 4.78 is 13.1. The second-order valence-corrected chi connectivity index (χ2v) is 14.6. The van der Waals surface area contributed by atoms with E-state index in [-0.39, 0.29) is 5.30 Å². The highest BCUT2D eigenvalue weighted by Crippen LogP contribution is 2.21. The molecule has 0 aliphatic heterocycles. The number of unbranched alkanes of at least 4 members (excludes halogenated alkanes) is 8. The Bertz CT molecular complexity index is 658. The Morgan fingerprint density at radius 3 is 0.773 bits per heavy atom. The molecule has 1 aromatic rings. The number of benzene rings is 1. The van der Waals surface area contributed by atoms with Crippen LogP contribution >= 0.6 is 7.60 Å². The highest BCUT2D eigenvalue weighted by atomic mass is 31.2. The van der Waals surface area contributed by atoms with Crippen LogP contribution in [0.5, 0.6) is 0 Å². The van der Waals surface area contributed by atoms with Crippen LogP contribution < -0.4 is 15.1 Å². The van der Waals surface area contributed by atoms with Crippen LogP contribution in [0.4, 0.5) is 0 Å².